The minimum absolute atomic E-state index is 0.517. The molecule has 0 spiro atoms. The van der Waals surface area contributed by atoms with Crippen LogP contribution in [0, 0.1) is 11.3 Å². The van der Waals surface area contributed by atoms with Crippen LogP contribution in [-0.4, -0.2) is 9.55 Å². The van der Waals surface area contributed by atoms with E-state index in [0.717, 1.165) is 23.5 Å². The molecule has 0 aliphatic rings. The molecule has 0 fully saturated rings. The number of aromatic nitrogens is 2. The van der Waals surface area contributed by atoms with Crippen LogP contribution in [0.25, 0.3) is 38.6 Å². The maximum atomic E-state index is 9.69. The quantitative estimate of drug-likeness (QED) is 0.314. The van der Waals surface area contributed by atoms with Crippen molar-refractivity contribution < 1.29 is 0 Å². The van der Waals surface area contributed by atoms with Gasteiger partial charge in [-0.3, -0.25) is 0 Å². The summed E-state index contributed by atoms with van der Waals surface area (Å²) in [7, 11) is 0. The van der Waals surface area contributed by atoms with Crippen LogP contribution < -0.4 is 5.32 Å². The standard InChI is InChI=1S/C26H20N4S/c1-2-30-24-11-7-6-10-21(24)22-14-20(12-13-25(22)30)28-16-19(15-27)26-29-23(17-31-26)18-8-4-3-5-9-18/h3-14,16-17,28H,2H2,1H3. The van der Waals surface area contributed by atoms with Crippen LogP contribution in [-0.2, 0) is 6.54 Å². The van der Waals surface area contributed by atoms with E-state index in [2.05, 4.69) is 70.3 Å². The third-order valence-corrected chi connectivity index (χ3v) is 6.27. The SMILES string of the molecule is CCn1c2ccccc2c2cc(NC=C(C#N)c3nc(-c4ccccc4)cs3)ccc21. The van der Waals surface area contributed by atoms with Crippen LogP contribution in [0.4, 0.5) is 5.69 Å². The first-order valence-electron chi connectivity index (χ1n) is 10.2. The predicted molar refractivity (Wildman–Crippen MR) is 130 cm³/mol. The Hall–Kier alpha value is -3.88. The summed E-state index contributed by atoms with van der Waals surface area (Å²) in [6.07, 6.45) is 1.74. The predicted octanol–water partition coefficient (Wildman–Crippen LogP) is 6.91. The molecule has 0 amide bonds. The third kappa shape index (κ3) is 3.48. The molecule has 0 bridgehead atoms. The van der Waals surface area contributed by atoms with Gasteiger partial charge in [-0.2, -0.15) is 5.26 Å². The monoisotopic (exact) mass is 420 g/mol. The van der Waals surface area contributed by atoms with Crippen LogP contribution in [0.15, 0.2) is 84.4 Å². The van der Waals surface area contributed by atoms with Gasteiger partial charge in [-0.25, -0.2) is 4.98 Å². The Morgan fingerprint density at radius 1 is 1.03 bits per heavy atom. The number of allylic oxidation sites excluding steroid dienone is 1. The Labute approximate surface area is 184 Å². The highest BCUT2D eigenvalue weighted by Gasteiger charge is 2.11. The highest BCUT2D eigenvalue weighted by Crippen LogP contribution is 2.31. The number of hydrogen-bond acceptors (Lipinski definition) is 4. The van der Waals surface area contributed by atoms with Crippen molar-refractivity contribution in [2.45, 2.75) is 13.5 Å². The summed E-state index contributed by atoms with van der Waals surface area (Å²) >= 11 is 1.48. The lowest BCUT2D eigenvalue weighted by Crippen LogP contribution is -1.94. The maximum Gasteiger partial charge on any atom is 0.136 e. The van der Waals surface area contributed by atoms with Crippen LogP contribution in [0.5, 0.6) is 0 Å². The Kier molecular flexibility index (Phi) is 4.99. The van der Waals surface area contributed by atoms with Crippen molar-refractivity contribution in [3.63, 3.8) is 0 Å². The van der Waals surface area contributed by atoms with Gasteiger partial charge in [-0.1, -0.05) is 48.5 Å². The number of nitriles is 1. The normalized spacial score (nSPS) is 11.7. The molecular formula is C26H20N4S. The molecule has 150 valence electrons. The number of benzene rings is 3. The number of rotatable bonds is 5. The fourth-order valence-corrected chi connectivity index (χ4v) is 4.72. The average molecular weight is 421 g/mol. The van der Waals surface area contributed by atoms with E-state index in [0.29, 0.717) is 10.6 Å². The Balaban J connectivity index is 1.47. The average Bonchev–Trinajstić information content (AvgIpc) is 3.43. The largest absolute Gasteiger partial charge is 0.360 e. The maximum absolute atomic E-state index is 9.69. The summed E-state index contributed by atoms with van der Waals surface area (Å²) in [4.78, 5) is 4.65. The zero-order valence-electron chi connectivity index (χ0n) is 17.0. The van der Waals surface area contributed by atoms with Crippen LogP contribution in [0.2, 0.25) is 0 Å². The highest BCUT2D eigenvalue weighted by atomic mass is 32.1. The number of para-hydroxylation sites is 1. The first kappa shape index (κ1) is 19.1. The van der Waals surface area contributed by atoms with Crippen molar-refractivity contribution in [2.75, 3.05) is 5.32 Å². The van der Waals surface area contributed by atoms with Gasteiger partial charge in [0, 0.05) is 51.2 Å². The molecule has 0 aliphatic heterocycles. The number of anilines is 1. The smallest absolute Gasteiger partial charge is 0.136 e. The van der Waals surface area contributed by atoms with Crippen molar-refractivity contribution in [1.29, 1.82) is 5.26 Å². The van der Waals surface area contributed by atoms with Crippen molar-refractivity contribution in [3.8, 4) is 17.3 Å². The van der Waals surface area contributed by atoms with Gasteiger partial charge in [0.1, 0.15) is 16.6 Å². The van der Waals surface area contributed by atoms with Gasteiger partial charge in [0.15, 0.2) is 0 Å². The van der Waals surface area contributed by atoms with Crippen molar-refractivity contribution in [2.24, 2.45) is 0 Å². The minimum atomic E-state index is 0.517. The lowest BCUT2D eigenvalue weighted by Gasteiger charge is -2.05. The van der Waals surface area contributed by atoms with Crippen molar-refractivity contribution >= 4 is 44.4 Å². The van der Waals surface area contributed by atoms with Crippen LogP contribution >= 0.6 is 11.3 Å². The number of thiazole rings is 1. The van der Waals surface area contributed by atoms with E-state index >= 15 is 0 Å². The van der Waals surface area contributed by atoms with E-state index < -0.39 is 0 Å². The summed E-state index contributed by atoms with van der Waals surface area (Å²) in [5.41, 5.74) is 5.85. The molecule has 2 heterocycles. The number of fused-ring (bicyclic) bond motifs is 3. The van der Waals surface area contributed by atoms with Crippen LogP contribution in [0.1, 0.15) is 11.9 Å². The molecule has 4 nitrogen and oxygen atoms in total. The minimum Gasteiger partial charge on any atom is -0.360 e. The zero-order chi connectivity index (χ0) is 21.2. The molecule has 0 unspecified atom stereocenters. The van der Waals surface area contributed by atoms with Crippen LogP contribution in [0.3, 0.4) is 0 Å². The fraction of sp³-hybridized carbons (Fsp3) is 0.0769. The van der Waals surface area contributed by atoms with Gasteiger partial charge in [-0.05, 0) is 31.2 Å². The first-order chi connectivity index (χ1) is 15.3. The third-order valence-electron chi connectivity index (χ3n) is 5.40. The Morgan fingerprint density at radius 2 is 1.81 bits per heavy atom. The first-order valence-corrected chi connectivity index (χ1v) is 11.1. The summed E-state index contributed by atoms with van der Waals surface area (Å²) in [5.74, 6) is 0. The highest BCUT2D eigenvalue weighted by molar-refractivity contribution is 7.11. The van der Waals surface area contributed by atoms with Gasteiger partial charge < -0.3 is 9.88 Å². The summed E-state index contributed by atoms with van der Waals surface area (Å²) < 4.78 is 2.33. The van der Waals surface area contributed by atoms with Gasteiger partial charge in [0.05, 0.1) is 5.69 Å². The molecule has 0 aliphatic carbocycles. The van der Waals surface area contributed by atoms with Gasteiger partial charge >= 0.3 is 0 Å². The van der Waals surface area contributed by atoms with Gasteiger partial charge in [-0.15, -0.1) is 11.3 Å². The molecule has 0 radical (unpaired) electrons. The van der Waals surface area contributed by atoms with Crippen molar-refractivity contribution in [3.05, 3.63) is 89.4 Å². The molecule has 5 aromatic rings. The lowest BCUT2D eigenvalue weighted by atomic mass is 10.1. The molecule has 0 saturated carbocycles. The van der Waals surface area contributed by atoms with E-state index in [4.69, 9.17) is 0 Å². The number of nitrogens with zero attached hydrogens (tertiary/aromatic N) is 3. The van der Waals surface area contributed by atoms with E-state index in [1.165, 1.54) is 33.1 Å². The second kappa shape index (κ2) is 8.10. The zero-order valence-corrected chi connectivity index (χ0v) is 17.9. The fourth-order valence-electron chi connectivity index (χ4n) is 3.92. The molecule has 5 heteroatoms. The molecule has 0 saturated heterocycles. The summed E-state index contributed by atoms with van der Waals surface area (Å²) in [5, 5.41) is 18.1. The molecule has 2 aromatic heterocycles. The molecule has 31 heavy (non-hydrogen) atoms. The molecule has 3 aromatic carbocycles. The Bertz CT molecular complexity index is 1450. The number of nitrogens with one attached hydrogen (secondary N) is 1. The topological polar surface area (TPSA) is 53.6 Å². The van der Waals surface area contributed by atoms with E-state index in [1.807, 2.05) is 35.7 Å². The van der Waals surface area contributed by atoms with E-state index in [-0.39, 0.29) is 0 Å². The number of hydrogen-bond donors (Lipinski definition) is 1. The van der Waals surface area contributed by atoms with Gasteiger partial charge in [0.2, 0.25) is 0 Å². The summed E-state index contributed by atoms with van der Waals surface area (Å²) in [6.45, 7) is 3.08. The second-order valence-electron chi connectivity index (χ2n) is 7.21. The molecular weight excluding hydrogens is 400 g/mol. The van der Waals surface area contributed by atoms with E-state index in [9.17, 15) is 5.26 Å². The van der Waals surface area contributed by atoms with E-state index in [1.54, 1.807) is 6.20 Å². The molecule has 5 rings (SSSR count). The molecule has 0 atom stereocenters. The molecule has 1 N–H and O–H groups in total. The number of aryl methyl sites for hydroxylation is 1. The second-order valence-corrected chi connectivity index (χ2v) is 8.07. The lowest BCUT2D eigenvalue weighted by molar-refractivity contribution is 0.827. The summed E-state index contributed by atoms with van der Waals surface area (Å²) in [6, 6.07) is 27.1. The Morgan fingerprint density at radius 3 is 2.61 bits per heavy atom. The van der Waals surface area contributed by atoms with Crippen molar-refractivity contribution in [1.82, 2.24) is 9.55 Å². The van der Waals surface area contributed by atoms with Gasteiger partial charge in [0.25, 0.3) is 0 Å².